The molecule has 5 nitrogen and oxygen atoms in total. The number of ether oxygens (including phenoxy) is 1. The molecule has 122 valence electrons. The summed E-state index contributed by atoms with van der Waals surface area (Å²) in [5.74, 6) is -0.708. The Kier molecular flexibility index (Phi) is 4.68. The molecule has 0 bridgehead atoms. The van der Waals surface area contributed by atoms with E-state index in [2.05, 4.69) is 15.6 Å². The highest BCUT2D eigenvalue weighted by atomic mass is 32.1. The summed E-state index contributed by atoms with van der Waals surface area (Å²) in [6.07, 6.45) is 0. The minimum Gasteiger partial charge on any atom is -0.465 e. The SMILES string of the molecule is COC(=O)c1ccc2nc(NC(=S)Nc3ccc(F)cc3)sc2c1. The van der Waals surface area contributed by atoms with Crippen molar-refractivity contribution in [3.05, 3.63) is 53.8 Å². The van der Waals surface area contributed by atoms with Gasteiger partial charge in [0.2, 0.25) is 0 Å². The number of carbonyl (C=O) groups excluding carboxylic acids is 1. The van der Waals surface area contributed by atoms with E-state index >= 15 is 0 Å². The van der Waals surface area contributed by atoms with Gasteiger partial charge in [0, 0.05) is 5.69 Å². The Hall–Kier alpha value is -2.58. The van der Waals surface area contributed by atoms with Crippen molar-refractivity contribution in [3.63, 3.8) is 0 Å². The Bertz CT molecular complexity index is 909. The third kappa shape index (κ3) is 3.66. The maximum Gasteiger partial charge on any atom is 0.337 e. The van der Waals surface area contributed by atoms with Crippen molar-refractivity contribution < 1.29 is 13.9 Å². The lowest BCUT2D eigenvalue weighted by Crippen LogP contribution is -2.18. The van der Waals surface area contributed by atoms with Gasteiger partial charge in [0.05, 0.1) is 22.9 Å². The van der Waals surface area contributed by atoms with Crippen molar-refractivity contribution in [1.82, 2.24) is 4.98 Å². The monoisotopic (exact) mass is 361 g/mol. The zero-order chi connectivity index (χ0) is 17.1. The van der Waals surface area contributed by atoms with Crippen molar-refractivity contribution in [2.75, 3.05) is 17.7 Å². The molecule has 2 aromatic carbocycles. The van der Waals surface area contributed by atoms with Gasteiger partial charge in [-0.1, -0.05) is 11.3 Å². The number of esters is 1. The molecular formula is C16H12FN3O2S2. The molecule has 0 radical (unpaired) electrons. The first-order valence-electron chi connectivity index (χ1n) is 6.87. The lowest BCUT2D eigenvalue weighted by Gasteiger charge is -2.07. The first-order valence-corrected chi connectivity index (χ1v) is 8.10. The summed E-state index contributed by atoms with van der Waals surface area (Å²) in [4.78, 5) is 16.0. The van der Waals surface area contributed by atoms with E-state index in [-0.39, 0.29) is 5.82 Å². The zero-order valence-electron chi connectivity index (χ0n) is 12.5. The van der Waals surface area contributed by atoms with Crippen LogP contribution in [-0.2, 0) is 4.74 Å². The molecule has 0 spiro atoms. The van der Waals surface area contributed by atoms with E-state index in [9.17, 15) is 9.18 Å². The Morgan fingerprint density at radius 2 is 1.96 bits per heavy atom. The molecule has 0 saturated carbocycles. The van der Waals surface area contributed by atoms with E-state index in [0.717, 1.165) is 10.2 Å². The van der Waals surface area contributed by atoms with Crippen LogP contribution in [0.4, 0.5) is 15.2 Å². The maximum absolute atomic E-state index is 12.9. The van der Waals surface area contributed by atoms with Crippen LogP contribution >= 0.6 is 23.6 Å². The number of methoxy groups -OCH3 is 1. The van der Waals surface area contributed by atoms with Gasteiger partial charge in [0.25, 0.3) is 0 Å². The molecule has 0 atom stereocenters. The predicted molar refractivity (Wildman–Crippen MR) is 97.2 cm³/mol. The van der Waals surface area contributed by atoms with Gasteiger partial charge in [-0.05, 0) is 54.7 Å². The second kappa shape index (κ2) is 6.90. The number of aromatic nitrogens is 1. The Morgan fingerprint density at radius 3 is 2.67 bits per heavy atom. The van der Waals surface area contributed by atoms with Crippen LogP contribution in [0, 0.1) is 5.82 Å². The topological polar surface area (TPSA) is 63.2 Å². The number of anilines is 2. The minimum absolute atomic E-state index is 0.313. The Balaban J connectivity index is 1.73. The van der Waals surface area contributed by atoms with Gasteiger partial charge in [-0.2, -0.15) is 0 Å². The molecule has 2 N–H and O–H groups in total. The summed E-state index contributed by atoms with van der Waals surface area (Å²) >= 11 is 6.58. The Morgan fingerprint density at radius 1 is 1.21 bits per heavy atom. The molecule has 0 aliphatic heterocycles. The molecule has 24 heavy (non-hydrogen) atoms. The third-order valence-corrected chi connectivity index (χ3v) is 4.27. The number of benzene rings is 2. The summed E-state index contributed by atoms with van der Waals surface area (Å²) in [5.41, 5.74) is 1.88. The molecule has 1 heterocycles. The average molecular weight is 361 g/mol. The molecular weight excluding hydrogens is 349 g/mol. The van der Waals surface area contributed by atoms with Gasteiger partial charge in [0.1, 0.15) is 5.82 Å². The van der Waals surface area contributed by atoms with Crippen molar-refractivity contribution >= 4 is 55.7 Å². The summed E-state index contributed by atoms with van der Waals surface area (Å²) < 4.78 is 18.4. The summed E-state index contributed by atoms with van der Waals surface area (Å²) in [5, 5.41) is 6.85. The van der Waals surface area contributed by atoms with E-state index < -0.39 is 5.97 Å². The zero-order valence-corrected chi connectivity index (χ0v) is 14.1. The maximum atomic E-state index is 12.9. The molecule has 0 saturated heterocycles. The quantitative estimate of drug-likeness (QED) is 0.542. The second-order valence-corrected chi connectivity index (χ2v) is 6.22. The number of carbonyl (C=O) groups is 1. The second-order valence-electron chi connectivity index (χ2n) is 4.78. The van der Waals surface area contributed by atoms with E-state index in [1.165, 1.54) is 30.6 Å². The van der Waals surface area contributed by atoms with Crippen LogP contribution in [0.1, 0.15) is 10.4 Å². The highest BCUT2D eigenvalue weighted by Crippen LogP contribution is 2.27. The number of hydrogen-bond acceptors (Lipinski definition) is 5. The van der Waals surface area contributed by atoms with Crippen molar-refractivity contribution in [3.8, 4) is 0 Å². The number of rotatable bonds is 3. The van der Waals surface area contributed by atoms with Crippen molar-refractivity contribution in [1.29, 1.82) is 0 Å². The number of hydrogen-bond donors (Lipinski definition) is 2. The lowest BCUT2D eigenvalue weighted by molar-refractivity contribution is 0.0601. The molecule has 1 aromatic heterocycles. The lowest BCUT2D eigenvalue weighted by atomic mass is 10.2. The standard InChI is InChI=1S/C16H12FN3O2S2/c1-22-14(21)9-2-7-12-13(8-9)24-16(19-12)20-15(23)18-11-5-3-10(17)4-6-11/h2-8H,1H3,(H2,18,19,20,23). The van der Waals surface area contributed by atoms with Crippen LogP contribution in [0.2, 0.25) is 0 Å². The van der Waals surface area contributed by atoms with Crippen LogP contribution in [0.25, 0.3) is 10.2 Å². The number of halogens is 1. The number of fused-ring (bicyclic) bond motifs is 1. The van der Waals surface area contributed by atoms with Crippen LogP contribution in [0.5, 0.6) is 0 Å². The van der Waals surface area contributed by atoms with E-state index in [1.807, 2.05) is 0 Å². The first-order chi connectivity index (χ1) is 11.5. The largest absolute Gasteiger partial charge is 0.465 e. The normalized spacial score (nSPS) is 10.4. The molecule has 3 aromatic rings. The minimum atomic E-state index is -0.395. The van der Waals surface area contributed by atoms with Crippen LogP contribution in [0.15, 0.2) is 42.5 Å². The fourth-order valence-electron chi connectivity index (χ4n) is 2.02. The summed E-state index contributed by atoms with van der Waals surface area (Å²) in [6, 6.07) is 11.0. The highest BCUT2D eigenvalue weighted by Gasteiger charge is 2.10. The van der Waals surface area contributed by atoms with Crippen LogP contribution < -0.4 is 10.6 Å². The van der Waals surface area contributed by atoms with E-state index in [1.54, 1.807) is 30.3 Å². The molecule has 8 heteroatoms. The number of thiazole rings is 1. The summed E-state index contributed by atoms with van der Waals surface area (Å²) in [6.45, 7) is 0. The number of nitrogens with one attached hydrogen (secondary N) is 2. The van der Waals surface area contributed by atoms with Crippen molar-refractivity contribution in [2.24, 2.45) is 0 Å². The van der Waals surface area contributed by atoms with Gasteiger partial charge < -0.3 is 15.4 Å². The average Bonchev–Trinajstić information content (AvgIpc) is 2.97. The van der Waals surface area contributed by atoms with Gasteiger partial charge in [-0.3, -0.25) is 0 Å². The highest BCUT2D eigenvalue weighted by molar-refractivity contribution is 7.80. The third-order valence-electron chi connectivity index (χ3n) is 3.13. The Labute approximate surface area is 146 Å². The molecule has 3 rings (SSSR count). The fraction of sp³-hybridized carbons (Fsp3) is 0.0625. The van der Waals surface area contributed by atoms with E-state index in [4.69, 9.17) is 17.0 Å². The summed E-state index contributed by atoms with van der Waals surface area (Å²) in [7, 11) is 1.34. The number of thiocarbonyl (C=S) groups is 1. The molecule has 0 unspecified atom stereocenters. The van der Waals surface area contributed by atoms with Gasteiger partial charge in [0.15, 0.2) is 10.2 Å². The molecule has 0 aliphatic rings. The van der Waals surface area contributed by atoms with Crippen LogP contribution in [-0.4, -0.2) is 23.2 Å². The number of nitrogens with zero attached hydrogens (tertiary/aromatic N) is 1. The molecule has 0 amide bonds. The van der Waals surface area contributed by atoms with Crippen LogP contribution in [0.3, 0.4) is 0 Å². The fourth-order valence-corrected chi connectivity index (χ4v) is 3.20. The van der Waals surface area contributed by atoms with Crippen molar-refractivity contribution in [2.45, 2.75) is 0 Å². The van der Waals surface area contributed by atoms with Gasteiger partial charge in [-0.25, -0.2) is 14.2 Å². The smallest absolute Gasteiger partial charge is 0.337 e. The molecule has 0 aliphatic carbocycles. The van der Waals surface area contributed by atoms with Gasteiger partial charge in [-0.15, -0.1) is 0 Å². The van der Waals surface area contributed by atoms with Gasteiger partial charge >= 0.3 is 5.97 Å². The molecule has 0 fully saturated rings. The first kappa shape index (κ1) is 16.3. The van der Waals surface area contributed by atoms with E-state index in [0.29, 0.717) is 21.5 Å². The predicted octanol–water partition coefficient (Wildman–Crippen LogP) is 4.03.